The van der Waals surface area contributed by atoms with Crippen LogP contribution in [-0.4, -0.2) is 22.3 Å². The third-order valence-corrected chi connectivity index (χ3v) is 1.62. The molecule has 1 heterocycles. The summed E-state index contributed by atoms with van der Waals surface area (Å²) in [5.41, 5.74) is 1.47. The van der Waals surface area contributed by atoms with Crippen molar-refractivity contribution in [1.29, 1.82) is 0 Å². The van der Waals surface area contributed by atoms with E-state index in [0.29, 0.717) is 0 Å². The van der Waals surface area contributed by atoms with E-state index in [1.807, 2.05) is 12.4 Å². The maximum Gasteiger partial charge on any atom is 0.0519 e. The number of H-pyrrole nitrogens is 1. The molecule has 0 aliphatic heterocycles. The lowest BCUT2D eigenvalue weighted by Crippen LogP contribution is -2.37. The Kier molecular flexibility index (Phi) is 2.87. The molecule has 0 aliphatic carbocycles. The summed E-state index contributed by atoms with van der Waals surface area (Å²) in [4.78, 5) is 0. The third-order valence-electron chi connectivity index (χ3n) is 1.62. The van der Waals surface area contributed by atoms with Crippen molar-refractivity contribution >= 4 is 0 Å². The lowest BCUT2D eigenvalue weighted by molar-refractivity contribution is 0.429. The lowest BCUT2D eigenvalue weighted by Gasteiger charge is -2.19. The SMILES string of the molecule is CC(C)(C)NCCc1cn[nH]c1. The molecule has 0 bridgehead atoms. The number of nitrogens with one attached hydrogen (secondary N) is 2. The average Bonchev–Trinajstić information content (AvgIpc) is 2.36. The van der Waals surface area contributed by atoms with Crippen LogP contribution in [0.4, 0.5) is 0 Å². The Morgan fingerprint density at radius 2 is 2.25 bits per heavy atom. The van der Waals surface area contributed by atoms with Crippen LogP contribution in [0.5, 0.6) is 0 Å². The second kappa shape index (κ2) is 3.72. The van der Waals surface area contributed by atoms with Crippen molar-refractivity contribution in [2.24, 2.45) is 0 Å². The van der Waals surface area contributed by atoms with Crippen LogP contribution in [0.25, 0.3) is 0 Å². The number of nitrogens with zero attached hydrogens (tertiary/aromatic N) is 1. The molecule has 0 spiro atoms. The maximum atomic E-state index is 3.88. The van der Waals surface area contributed by atoms with Gasteiger partial charge in [-0.3, -0.25) is 5.10 Å². The van der Waals surface area contributed by atoms with Crippen LogP contribution < -0.4 is 5.32 Å². The topological polar surface area (TPSA) is 40.7 Å². The van der Waals surface area contributed by atoms with Gasteiger partial charge in [-0.15, -0.1) is 0 Å². The fourth-order valence-electron chi connectivity index (χ4n) is 0.996. The summed E-state index contributed by atoms with van der Waals surface area (Å²) >= 11 is 0. The minimum atomic E-state index is 0.212. The zero-order valence-electron chi connectivity index (χ0n) is 8.02. The fourth-order valence-corrected chi connectivity index (χ4v) is 0.996. The molecule has 0 saturated carbocycles. The molecule has 12 heavy (non-hydrogen) atoms. The second-order valence-electron chi connectivity index (χ2n) is 4.03. The van der Waals surface area contributed by atoms with Crippen molar-refractivity contribution in [3.8, 4) is 0 Å². The average molecular weight is 167 g/mol. The van der Waals surface area contributed by atoms with Crippen LogP contribution in [-0.2, 0) is 6.42 Å². The molecule has 0 atom stereocenters. The number of aromatic nitrogens is 2. The van der Waals surface area contributed by atoms with E-state index >= 15 is 0 Å². The molecule has 3 nitrogen and oxygen atoms in total. The monoisotopic (exact) mass is 167 g/mol. The molecular formula is C9H17N3. The van der Waals surface area contributed by atoms with Gasteiger partial charge in [0, 0.05) is 11.7 Å². The highest BCUT2D eigenvalue weighted by atomic mass is 15.1. The minimum absolute atomic E-state index is 0.212. The van der Waals surface area contributed by atoms with Gasteiger partial charge in [-0.2, -0.15) is 5.10 Å². The summed E-state index contributed by atoms with van der Waals surface area (Å²) in [5.74, 6) is 0. The summed E-state index contributed by atoms with van der Waals surface area (Å²) in [5, 5.41) is 10.1. The molecular weight excluding hydrogens is 150 g/mol. The van der Waals surface area contributed by atoms with E-state index in [2.05, 4.69) is 36.3 Å². The van der Waals surface area contributed by atoms with E-state index in [-0.39, 0.29) is 5.54 Å². The van der Waals surface area contributed by atoms with Crippen molar-refractivity contribution in [2.75, 3.05) is 6.54 Å². The molecule has 3 heteroatoms. The fraction of sp³-hybridized carbons (Fsp3) is 0.667. The first-order chi connectivity index (χ1) is 5.58. The second-order valence-corrected chi connectivity index (χ2v) is 4.03. The van der Waals surface area contributed by atoms with E-state index in [1.54, 1.807) is 0 Å². The summed E-state index contributed by atoms with van der Waals surface area (Å²) < 4.78 is 0. The van der Waals surface area contributed by atoms with E-state index in [9.17, 15) is 0 Å². The quantitative estimate of drug-likeness (QED) is 0.713. The summed E-state index contributed by atoms with van der Waals surface area (Å²) in [7, 11) is 0. The summed E-state index contributed by atoms with van der Waals surface area (Å²) in [6, 6.07) is 0. The predicted octanol–water partition coefficient (Wildman–Crippen LogP) is 1.34. The lowest BCUT2D eigenvalue weighted by atomic mass is 10.1. The Morgan fingerprint density at radius 1 is 1.50 bits per heavy atom. The number of hydrogen-bond acceptors (Lipinski definition) is 2. The molecule has 0 aromatic carbocycles. The van der Waals surface area contributed by atoms with Crippen molar-refractivity contribution in [2.45, 2.75) is 32.7 Å². The molecule has 0 amide bonds. The zero-order chi connectivity index (χ0) is 9.03. The molecule has 0 radical (unpaired) electrons. The minimum Gasteiger partial charge on any atom is -0.312 e. The number of hydrogen-bond donors (Lipinski definition) is 2. The molecule has 1 rings (SSSR count). The number of rotatable bonds is 3. The first-order valence-corrected chi connectivity index (χ1v) is 4.30. The molecule has 0 aliphatic rings. The highest BCUT2D eigenvalue weighted by Crippen LogP contribution is 1.99. The van der Waals surface area contributed by atoms with Gasteiger partial charge in [-0.25, -0.2) is 0 Å². The first-order valence-electron chi connectivity index (χ1n) is 4.30. The van der Waals surface area contributed by atoms with Crippen LogP contribution in [0.1, 0.15) is 26.3 Å². The Bertz CT molecular complexity index is 208. The van der Waals surface area contributed by atoms with Crippen molar-refractivity contribution in [3.05, 3.63) is 18.0 Å². The van der Waals surface area contributed by atoms with Gasteiger partial charge < -0.3 is 5.32 Å². The first kappa shape index (κ1) is 9.26. The molecule has 0 fully saturated rings. The third kappa shape index (κ3) is 3.53. The van der Waals surface area contributed by atoms with Gasteiger partial charge in [0.15, 0.2) is 0 Å². The number of aromatic amines is 1. The van der Waals surface area contributed by atoms with E-state index in [1.165, 1.54) is 5.56 Å². The zero-order valence-corrected chi connectivity index (χ0v) is 8.02. The smallest absolute Gasteiger partial charge is 0.0519 e. The van der Waals surface area contributed by atoms with Crippen molar-refractivity contribution < 1.29 is 0 Å². The van der Waals surface area contributed by atoms with E-state index in [0.717, 1.165) is 13.0 Å². The van der Waals surface area contributed by atoms with Crippen molar-refractivity contribution in [1.82, 2.24) is 15.5 Å². The van der Waals surface area contributed by atoms with Gasteiger partial charge in [0.05, 0.1) is 6.20 Å². The Morgan fingerprint density at radius 3 is 2.75 bits per heavy atom. The van der Waals surface area contributed by atoms with Gasteiger partial charge >= 0.3 is 0 Å². The summed E-state index contributed by atoms with van der Waals surface area (Å²) in [6.45, 7) is 7.51. The summed E-state index contributed by atoms with van der Waals surface area (Å²) in [6.07, 6.45) is 4.84. The Hall–Kier alpha value is -0.830. The largest absolute Gasteiger partial charge is 0.312 e. The highest BCUT2D eigenvalue weighted by Gasteiger charge is 2.07. The van der Waals surface area contributed by atoms with Crippen LogP contribution in [0.2, 0.25) is 0 Å². The van der Waals surface area contributed by atoms with Crippen LogP contribution in [0.3, 0.4) is 0 Å². The van der Waals surface area contributed by atoms with Gasteiger partial charge in [-0.1, -0.05) is 0 Å². The van der Waals surface area contributed by atoms with Gasteiger partial charge in [-0.05, 0) is 39.3 Å². The Labute approximate surface area is 73.6 Å². The molecule has 1 aromatic rings. The van der Waals surface area contributed by atoms with Crippen LogP contribution in [0.15, 0.2) is 12.4 Å². The van der Waals surface area contributed by atoms with Crippen LogP contribution >= 0.6 is 0 Å². The van der Waals surface area contributed by atoms with Crippen LogP contribution in [0, 0.1) is 0 Å². The Balaban J connectivity index is 2.20. The molecule has 68 valence electrons. The standard InChI is InChI=1S/C9H17N3/c1-9(2,3)10-5-4-8-6-11-12-7-8/h6-7,10H,4-5H2,1-3H3,(H,11,12). The van der Waals surface area contributed by atoms with Gasteiger partial charge in [0.2, 0.25) is 0 Å². The molecule has 0 unspecified atom stereocenters. The van der Waals surface area contributed by atoms with E-state index < -0.39 is 0 Å². The highest BCUT2D eigenvalue weighted by molar-refractivity contribution is 5.02. The molecule has 1 aromatic heterocycles. The maximum absolute atomic E-state index is 3.88. The predicted molar refractivity (Wildman–Crippen MR) is 50.0 cm³/mol. The normalized spacial score (nSPS) is 11.9. The van der Waals surface area contributed by atoms with Gasteiger partial charge in [0.25, 0.3) is 0 Å². The molecule has 0 saturated heterocycles. The van der Waals surface area contributed by atoms with E-state index in [4.69, 9.17) is 0 Å². The molecule has 2 N–H and O–H groups in total. The van der Waals surface area contributed by atoms with Crippen molar-refractivity contribution in [3.63, 3.8) is 0 Å². The van der Waals surface area contributed by atoms with Gasteiger partial charge in [0.1, 0.15) is 0 Å².